The SMILES string of the molecule is O=CC1C2NCC12c1ccccc1. The molecule has 1 aromatic rings. The van der Waals surface area contributed by atoms with Crippen LogP contribution in [0.25, 0.3) is 0 Å². The van der Waals surface area contributed by atoms with Crippen molar-refractivity contribution in [2.75, 3.05) is 6.54 Å². The van der Waals surface area contributed by atoms with Gasteiger partial charge in [-0.15, -0.1) is 0 Å². The number of benzene rings is 1. The van der Waals surface area contributed by atoms with Crippen LogP contribution in [-0.4, -0.2) is 18.9 Å². The molecule has 1 saturated carbocycles. The third-order valence-electron chi connectivity index (χ3n) is 3.47. The van der Waals surface area contributed by atoms with Gasteiger partial charge in [-0.3, -0.25) is 0 Å². The van der Waals surface area contributed by atoms with Crippen LogP contribution in [0.15, 0.2) is 30.3 Å². The summed E-state index contributed by atoms with van der Waals surface area (Å²) in [4.78, 5) is 10.8. The highest BCUT2D eigenvalue weighted by Crippen LogP contribution is 2.58. The van der Waals surface area contributed by atoms with Gasteiger partial charge in [-0.2, -0.15) is 0 Å². The number of rotatable bonds is 2. The fraction of sp³-hybridized carbons (Fsp3) is 0.364. The second-order valence-electron chi connectivity index (χ2n) is 3.93. The summed E-state index contributed by atoms with van der Waals surface area (Å²) in [5.74, 6) is 0.217. The zero-order valence-electron chi connectivity index (χ0n) is 7.23. The molecule has 66 valence electrons. The molecule has 1 aliphatic carbocycles. The maximum atomic E-state index is 10.8. The van der Waals surface area contributed by atoms with Gasteiger partial charge in [0.05, 0.1) is 0 Å². The molecule has 2 aliphatic rings. The monoisotopic (exact) mass is 173 g/mol. The van der Waals surface area contributed by atoms with Crippen LogP contribution in [0.2, 0.25) is 0 Å². The number of carbonyl (C=O) groups is 1. The standard InChI is InChI=1S/C11H11NO/c13-6-9-10-11(9,7-12-10)8-4-2-1-3-5-8/h1-6,9-10,12H,7H2. The van der Waals surface area contributed by atoms with E-state index in [-0.39, 0.29) is 11.3 Å². The van der Waals surface area contributed by atoms with E-state index in [1.54, 1.807) is 0 Å². The Morgan fingerprint density at radius 2 is 2.15 bits per heavy atom. The van der Waals surface area contributed by atoms with Gasteiger partial charge in [0, 0.05) is 23.9 Å². The van der Waals surface area contributed by atoms with Gasteiger partial charge in [0.15, 0.2) is 0 Å². The smallest absolute Gasteiger partial charge is 0.125 e. The van der Waals surface area contributed by atoms with Gasteiger partial charge in [0.25, 0.3) is 0 Å². The Balaban J connectivity index is 2.00. The van der Waals surface area contributed by atoms with E-state index in [0.717, 1.165) is 12.8 Å². The highest BCUT2D eigenvalue weighted by Gasteiger charge is 2.71. The van der Waals surface area contributed by atoms with Gasteiger partial charge in [0.2, 0.25) is 0 Å². The maximum absolute atomic E-state index is 10.8. The van der Waals surface area contributed by atoms with E-state index in [4.69, 9.17) is 0 Å². The van der Waals surface area contributed by atoms with Crippen molar-refractivity contribution in [1.29, 1.82) is 0 Å². The number of hydrogen-bond donors (Lipinski definition) is 1. The summed E-state index contributed by atoms with van der Waals surface area (Å²) < 4.78 is 0. The van der Waals surface area contributed by atoms with E-state index < -0.39 is 0 Å². The molecule has 3 atom stereocenters. The molecule has 1 heterocycles. The first-order valence-electron chi connectivity index (χ1n) is 4.64. The molecule has 2 nitrogen and oxygen atoms in total. The van der Waals surface area contributed by atoms with E-state index in [0.29, 0.717) is 6.04 Å². The number of fused-ring (bicyclic) bond motifs is 1. The maximum Gasteiger partial charge on any atom is 0.125 e. The molecule has 1 N–H and O–H groups in total. The molecule has 1 aromatic carbocycles. The van der Waals surface area contributed by atoms with Crippen molar-refractivity contribution in [2.24, 2.45) is 5.92 Å². The van der Waals surface area contributed by atoms with Crippen LogP contribution in [0, 0.1) is 5.92 Å². The third kappa shape index (κ3) is 0.700. The minimum Gasteiger partial charge on any atom is -0.311 e. The Labute approximate surface area is 77.0 Å². The van der Waals surface area contributed by atoms with Gasteiger partial charge >= 0.3 is 0 Å². The van der Waals surface area contributed by atoms with Crippen LogP contribution >= 0.6 is 0 Å². The Morgan fingerprint density at radius 1 is 1.38 bits per heavy atom. The second kappa shape index (κ2) is 2.20. The summed E-state index contributed by atoms with van der Waals surface area (Å²) in [5.41, 5.74) is 1.49. The van der Waals surface area contributed by atoms with Gasteiger partial charge in [-0.05, 0) is 5.56 Å². The summed E-state index contributed by atoms with van der Waals surface area (Å²) >= 11 is 0. The molecular weight excluding hydrogens is 162 g/mol. The first kappa shape index (κ1) is 7.27. The van der Waals surface area contributed by atoms with Crippen LogP contribution in [0.5, 0.6) is 0 Å². The molecule has 2 heteroatoms. The summed E-state index contributed by atoms with van der Waals surface area (Å²) in [6, 6.07) is 10.8. The quantitative estimate of drug-likeness (QED) is 0.668. The van der Waals surface area contributed by atoms with Crippen LogP contribution in [0.3, 0.4) is 0 Å². The molecule has 0 spiro atoms. The lowest BCUT2D eigenvalue weighted by atomic mass is 9.89. The number of nitrogens with one attached hydrogen (secondary N) is 1. The lowest BCUT2D eigenvalue weighted by Crippen LogP contribution is -2.44. The Kier molecular flexibility index (Phi) is 1.23. The summed E-state index contributed by atoms with van der Waals surface area (Å²) in [5, 5.41) is 3.29. The molecule has 1 saturated heterocycles. The highest BCUT2D eigenvalue weighted by atomic mass is 16.1. The van der Waals surface area contributed by atoms with E-state index >= 15 is 0 Å². The Morgan fingerprint density at radius 3 is 2.62 bits per heavy atom. The van der Waals surface area contributed by atoms with Crippen molar-refractivity contribution in [3.05, 3.63) is 35.9 Å². The average Bonchev–Trinajstić information content (AvgIpc) is 2.64. The fourth-order valence-corrected chi connectivity index (χ4v) is 2.58. The van der Waals surface area contributed by atoms with E-state index in [1.807, 2.05) is 18.2 Å². The molecule has 0 radical (unpaired) electrons. The highest BCUT2D eigenvalue weighted by molar-refractivity contribution is 5.70. The molecule has 0 amide bonds. The lowest BCUT2D eigenvalue weighted by Gasteiger charge is -2.26. The van der Waals surface area contributed by atoms with E-state index in [2.05, 4.69) is 17.4 Å². The molecule has 0 bridgehead atoms. The molecule has 13 heavy (non-hydrogen) atoms. The predicted molar refractivity (Wildman–Crippen MR) is 49.5 cm³/mol. The van der Waals surface area contributed by atoms with Gasteiger partial charge in [-0.25, -0.2) is 0 Å². The Hall–Kier alpha value is -1.15. The van der Waals surface area contributed by atoms with Gasteiger partial charge < -0.3 is 10.1 Å². The molecule has 0 aromatic heterocycles. The average molecular weight is 173 g/mol. The second-order valence-corrected chi connectivity index (χ2v) is 3.93. The first-order chi connectivity index (χ1) is 6.39. The van der Waals surface area contributed by atoms with E-state index in [9.17, 15) is 4.79 Å². The van der Waals surface area contributed by atoms with Gasteiger partial charge in [0.1, 0.15) is 6.29 Å². The Bertz CT molecular complexity index is 348. The predicted octanol–water partition coefficient (Wildman–Crippen LogP) is 0.725. The van der Waals surface area contributed by atoms with Crippen molar-refractivity contribution < 1.29 is 4.79 Å². The largest absolute Gasteiger partial charge is 0.311 e. The van der Waals surface area contributed by atoms with Crippen molar-refractivity contribution in [1.82, 2.24) is 5.32 Å². The van der Waals surface area contributed by atoms with Gasteiger partial charge in [-0.1, -0.05) is 30.3 Å². The topological polar surface area (TPSA) is 29.1 Å². The zero-order chi connectivity index (χ0) is 8.89. The zero-order valence-corrected chi connectivity index (χ0v) is 7.23. The molecule has 2 fully saturated rings. The molecular formula is C11H11NO. The van der Waals surface area contributed by atoms with Crippen LogP contribution in [0.1, 0.15) is 5.56 Å². The minimum atomic E-state index is 0.170. The normalized spacial score (nSPS) is 40.3. The van der Waals surface area contributed by atoms with Crippen molar-refractivity contribution in [2.45, 2.75) is 11.5 Å². The lowest BCUT2D eigenvalue weighted by molar-refractivity contribution is -0.109. The number of aldehydes is 1. The summed E-state index contributed by atoms with van der Waals surface area (Å²) in [6.07, 6.45) is 1.09. The van der Waals surface area contributed by atoms with Crippen molar-refractivity contribution in [3.8, 4) is 0 Å². The molecule has 3 unspecified atom stereocenters. The van der Waals surface area contributed by atoms with Crippen molar-refractivity contribution >= 4 is 6.29 Å². The van der Waals surface area contributed by atoms with Crippen LogP contribution in [0.4, 0.5) is 0 Å². The van der Waals surface area contributed by atoms with Crippen molar-refractivity contribution in [3.63, 3.8) is 0 Å². The number of hydrogen-bond acceptors (Lipinski definition) is 2. The van der Waals surface area contributed by atoms with Crippen LogP contribution in [-0.2, 0) is 10.2 Å². The minimum absolute atomic E-state index is 0.170. The van der Waals surface area contributed by atoms with Crippen LogP contribution < -0.4 is 5.32 Å². The fourth-order valence-electron chi connectivity index (χ4n) is 2.58. The summed E-state index contributed by atoms with van der Waals surface area (Å²) in [6.45, 7) is 0.963. The number of carbonyl (C=O) groups excluding carboxylic acids is 1. The van der Waals surface area contributed by atoms with E-state index in [1.165, 1.54) is 5.56 Å². The third-order valence-corrected chi connectivity index (χ3v) is 3.47. The molecule has 3 rings (SSSR count). The first-order valence-corrected chi connectivity index (χ1v) is 4.64. The molecule has 1 aliphatic heterocycles. The summed E-state index contributed by atoms with van der Waals surface area (Å²) in [7, 11) is 0.